The standard InChI is InChI=1S/C18H13BrFN3O/c19-15-3-1-2-4-16(15)22-14-9-10-17(21-11-14)23-18(24)12-5-7-13(20)8-6-12/h1-11,22H,(H,21,23,24). The number of carbonyl (C=O) groups is 1. The first-order chi connectivity index (χ1) is 11.6. The lowest BCUT2D eigenvalue weighted by atomic mass is 10.2. The molecule has 0 fully saturated rings. The zero-order valence-corrected chi connectivity index (χ0v) is 14.0. The lowest BCUT2D eigenvalue weighted by Crippen LogP contribution is -2.12. The predicted octanol–water partition coefficient (Wildman–Crippen LogP) is 4.98. The second-order valence-corrected chi connectivity index (χ2v) is 5.85. The molecular weight excluding hydrogens is 373 g/mol. The monoisotopic (exact) mass is 385 g/mol. The summed E-state index contributed by atoms with van der Waals surface area (Å²) in [5, 5.41) is 5.90. The summed E-state index contributed by atoms with van der Waals surface area (Å²) < 4.78 is 13.8. The van der Waals surface area contributed by atoms with Gasteiger partial charge in [-0.05, 0) is 64.5 Å². The number of carbonyl (C=O) groups excluding carboxylic acids is 1. The first-order valence-electron chi connectivity index (χ1n) is 7.16. The molecule has 0 saturated heterocycles. The van der Waals surface area contributed by atoms with E-state index in [0.29, 0.717) is 11.4 Å². The Balaban J connectivity index is 1.67. The van der Waals surface area contributed by atoms with Gasteiger partial charge < -0.3 is 10.6 Å². The average molecular weight is 386 g/mol. The number of nitrogens with zero attached hydrogens (tertiary/aromatic N) is 1. The van der Waals surface area contributed by atoms with Crippen molar-refractivity contribution >= 4 is 39.0 Å². The Morgan fingerprint density at radius 2 is 1.75 bits per heavy atom. The molecule has 1 amide bonds. The molecule has 1 heterocycles. The molecule has 24 heavy (non-hydrogen) atoms. The van der Waals surface area contributed by atoms with Crippen LogP contribution in [0.25, 0.3) is 0 Å². The molecule has 0 unspecified atom stereocenters. The number of nitrogens with one attached hydrogen (secondary N) is 2. The van der Waals surface area contributed by atoms with Crippen LogP contribution >= 0.6 is 15.9 Å². The highest BCUT2D eigenvalue weighted by Gasteiger charge is 2.07. The number of hydrogen-bond acceptors (Lipinski definition) is 3. The maximum absolute atomic E-state index is 12.9. The van der Waals surface area contributed by atoms with Crippen molar-refractivity contribution in [2.45, 2.75) is 0 Å². The van der Waals surface area contributed by atoms with Crippen molar-refractivity contribution < 1.29 is 9.18 Å². The summed E-state index contributed by atoms with van der Waals surface area (Å²) in [5.74, 6) is -0.303. The number of para-hydroxylation sites is 1. The first-order valence-corrected chi connectivity index (χ1v) is 7.95. The minimum atomic E-state index is -0.382. The molecule has 0 aliphatic heterocycles. The third kappa shape index (κ3) is 3.97. The molecule has 0 saturated carbocycles. The van der Waals surface area contributed by atoms with Crippen molar-refractivity contribution in [2.75, 3.05) is 10.6 Å². The van der Waals surface area contributed by atoms with E-state index >= 15 is 0 Å². The van der Waals surface area contributed by atoms with Crippen LogP contribution in [0.4, 0.5) is 21.6 Å². The molecule has 0 atom stereocenters. The van der Waals surface area contributed by atoms with Crippen molar-refractivity contribution in [1.29, 1.82) is 0 Å². The quantitative estimate of drug-likeness (QED) is 0.665. The largest absolute Gasteiger partial charge is 0.353 e. The van der Waals surface area contributed by atoms with Crippen molar-refractivity contribution in [2.24, 2.45) is 0 Å². The van der Waals surface area contributed by atoms with E-state index in [-0.39, 0.29) is 11.7 Å². The van der Waals surface area contributed by atoms with E-state index in [1.54, 1.807) is 12.3 Å². The molecule has 2 N–H and O–H groups in total. The number of halogens is 2. The van der Waals surface area contributed by atoms with Gasteiger partial charge in [0.25, 0.3) is 5.91 Å². The van der Waals surface area contributed by atoms with E-state index in [1.165, 1.54) is 24.3 Å². The molecule has 0 aliphatic rings. The second-order valence-electron chi connectivity index (χ2n) is 5.00. The number of benzene rings is 2. The summed E-state index contributed by atoms with van der Waals surface area (Å²) in [6, 6.07) is 16.6. The number of hydrogen-bond donors (Lipinski definition) is 2. The highest BCUT2D eigenvalue weighted by molar-refractivity contribution is 9.10. The summed E-state index contributed by atoms with van der Waals surface area (Å²) >= 11 is 3.47. The molecule has 0 radical (unpaired) electrons. The van der Waals surface area contributed by atoms with Gasteiger partial charge in [-0.1, -0.05) is 12.1 Å². The summed E-state index contributed by atoms with van der Waals surface area (Å²) in [5.41, 5.74) is 2.08. The van der Waals surface area contributed by atoms with Gasteiger partial charge in [0.2, 0.25) is 0 Å². The Hall–Kier alpha value is -2.73. The molecule has 3 rings (SSSR count). The second kappa shape index (κ2) is 7.23. The van der Waals surface area contributed by atoms with Gasteiger partial charge in [0.15, 0.2) is 0 Å². The highest BCUT2D eigenvalue weighted by Crippen LogP contribution is 2.25. The molecule has 4 nitrogen and oxygen atoms in total. The summed E-state index contributed by atoms with van der Waals surface area (Å²) in [4.78, 5) is 16.3. The summed E-state index contributed by atoms with van der Waals surface area (Å²) in [6.45, 7) is 0. The van der Waals surface area contributed by atoms with Gasteiger partial charge in [0.1, 0.15) is 11.6 Å². The Morgan fingerprint density at radius 1 is 1.00 bits per heavy atom. The summed E-state index contributed by atoms with van der Waals surface area (Å²) in [7, 11) is 0. The van der Waals surface area contributed by atoms with Crippen LogP contribution in [0.5, 0.6) is 0 Å². The fraction of sp³-hybridized carbons (Fsp3) is 0. The Bertz CT molecular complexity index is 851. The van der Waals surface area contributed by atoms with Crippen LogP contribution < -0.4 is 10.6 Å². The molecule has 0 spiro atoms. The van der Waals surface area contributed by atoms with Crippen LogP contribution in [0.3, 0.4) is 0 Å². The number of amides is 1. The van der Waals surface area contributed by atoms with E-state index in [0.717, 1.165) is 15.8 Å². The normalized spacial score (nSPS) is 10.2. The number of aromatic nitrogens is 1. The van der Waals surface area contributed by atoms with Crippen LogP contribution in [0, 0.1) is 5.82 Å². The fourth-order valence-electron chi connectivity index (χ4n) is 2.05. The average Bonchev–Trinajstić information content (AvgIpc) is 2.59. The third-order valence-corrected chi connectivity index (χ3v) is 3.96. The van der Waals surface area contributed by atoms with Crippen molar-refractivity contribution in [3.63, 3.8) is 0 Å². The minimum Gasteiger partial charge on any atom is -0.353 e. The molecule has 3 aromatic rings. The van der Waals surface area contributed by atoms with Gasteiger partial charge in [-0.2, -0.15) is 0 Å². The minimum absolute atomic E-state index is 0.339. The van der Waals surface area contributed by atoms with E-state index in [1.807, 2.05) is 30.3 Å². The van der Waals surface area contributed by atoms with E-state index in [2.05, 4.69) is 31.5 Å². The van der Waals surface area contributed by atoms with Crippen LogP contribution in [0.15, 0.2) is 71.3 Å². The maximum atomic E-state index is 12.9. The van der Waals surface area contributed by atoms with Crippen molar-refractivity contribution in [1.82, 2.24) is 4.98 Å². The maximum Gasteiger partial charge on any atom is 0.256 e. The molecule has 0 aliphatic carbocycles. The zero-order valence-electron chi connectivity index (χ0n) is 12.5. The number of pyridine rings is 1. The van der Waals surface area contributed by atoms with Crippen LogP contribution in [0.1, 0.15) is 10.4 Å². The van der Waals surface area contributed by atoms with E-state index in [9.17, 15) is 9.18 Å². The lowest BCUT2D eigenvalue weighted by Gasteiger charge is -2.09. The van der Waals surface area contributed by atoms with Crippen molar-refractivity contribution in [3.05, 3.63) is 82.7 Å². The number of rotatable bonds is 4. The van der Waals surface area contributed by atoms with E-state index in [4.69, 9.17) is 0 Å². The van der Waals surface area contributed by atoms with E-state index < -0.39 is 0 Å². The summed E-state index contributed by atoms with van der Waals surface area (Å²) in [6.07, 6.45) is 1.62. The van der Waals surface area contributed by atoms with Crippen LogP contribution in [-0.4, -0.2) is 10.9 Å². The zero-order chi connectivity index (χ0) is 16.9. The van der Waals surface area contributed by atoms with Gasteiger partial charge in [-0.25, -0.2) is 9.37 Å². The van der Waals surface area contributed by atoms with Gasteiger partial charge in [-0.15, -0.1) is 0 Å². The fourth-order valence-corrected chi connectivity index (χ4v) is 2.43. The van der Waals surface area contributed by atoms with Crippen molar-refractivity contribution in [3.8, 4) is 0 Å². The Morgan fingerprint density at radius 3 is 2.42 bits per heavy atom. The Kier molecular flexibility index (Phi) is 4.86. The molecule has 1 aromatic heterocycles. The topological polar surface area (TPSA) is 54.0 Å². The van der Waals surface area contributed by atoms with Crippen LogP contribution in [0.2, 0.25) is 0 Å². The molecule has 2 aromatic carbocycles. The van der Waals surface area contributed by atoms with Gasteiger partial charge in [0, 0.05) is 10.0 Å². The van der Waals surface area contributed by atoms with Gasteiger partial charge >= 0.3 is 0 Å². The van der Waals surface area contributed by atoms with Gasteiger partial charge in [-0.3, -0.25) is 4.79 Å². The third-order valence-electron chi connectivity index (χ3n) is 3.26. The Labute approximate surface area is 146 Å². The van der Waals surface area contributed by atoms with Gasteiger partial charge in [0.05, 0.1) is 17.6 Å². The van der Waals surface area contributed by atoms with Crippen LogP contribution in [-0.2, 0) is 0 Å². The smallest absolute Gasteiger partial charge is 0.256 e. The lowest BCUT2D eigenvalue weighted by molar-refractivity contribution is 0.102. The SMILES string of the molecule is O=C(Nc1ccc(Nc2ccccc2Br)cn1)c1ccc(F)cc1. The molecule has 6 heteroatoms. The number of anilines is 3. The molecule has 0 bridgehead atoms. The highest BCUT2D eigenvalue weighted by atomic mass is 79.9. The molecule has 120 valence electrons. The molecular formula is C18H13BrFN3O. The predicted molar refractivity (Wildman–Crippen MR) is 96.0 cm³/mol. The first kappa shape index (κ1) is 16.1.